The Labute approximate surface area is 204 Å². The summed E-state index contributed by atoms with van der Waals surface area (Å²) in [5.74, 6) is 1.38. The fourth-order valence-electron chi connectivity index (χ4n) is 3.46. The largest absolute Gasteiger partial charge is 0.508 e. The fourth-order valence-corrected chi connectivity index (χ4v) is 3.46. The van der Waals surface area contributed by atoms with Crippen LogP contribution in [0.2, 0.25) is 0 Å². The highest BCUT2D eigenvalue weighted by Gasteiger charge is 2.15. The van der Waals surface area contributed by atoms with E-state index in [1.54, 1.807) is 36.5 Å². The Kier molecular flexibility index (Phi) is 7.34. The first kappa shape index (κ1) is 25.2. The van der Waals surface area contributed by atoms with Crippen LogP contribution in [-0.2, 0) is 0 Å². The number of rotatable bonds is 4. The molecule has 8 heteroatoms. The van der Waals surface area contributed by atoms with Crippen LogP contribution in [-0.4, -0.2) is 23.1 Å². The minimum atomic E-state index is -0.576. The van der Waals surface area contributed by atoms with Gasteiger partial charge in [0.1, 0.15) is 23.0 Å². The van der Waals surface area contributed by atoms with Gasteiger partial charge in [-0.3, -0.25) is 9.78 Å². The van der Waals surface area contributed by atoms with Crippen LogP contribution in [0.25, 0.3) is 10.9 Å². The fraction of sp³-hybridized carbons (Fsp3) is 0.185. The Morgan fingerprint density at radius 2 is 1.46 bits per heavy atom. The molecule has 4 rings (SSSR count). The van der Waals surface area contributed by atoms with Crippen LogP contribution in [0.15, 0.2) is 48.7 Å². The molecule has 0 spiro atoms. The van der Waals surface area contributed by atoms with Gasteiger partial charge in [0.15, 0.2) is 0 Å². The first-order valence-corrected chi connectivity index (χ1v) is 10.9. The monoisotopic (exact) mass is 474 g/mol. The molecule has 8 nitrogen and oxygen atoms in total. The number of hydrogen-bond acceptors (Lipinski definition) is 7. The van der Waals surface area contributed by atoms with E-state index in [9.17, 15) is 4.79 Å². The van der Waals surface area contributed by atoms with Crippen molar-refractivity contribution >= 4 is 28.2 Å². The summed E-state index contributed by atoms with van der Waals surface area (Å²) in [7, 11) is 1.48. The molecule has 35 heavy (non-hydrogen) atoms. The molecule has 0 bridgehead atoms. The molecular formula is C27H30N4O4. The van der Waals surface area contributed by atoms with Gasteiger partial charge in [0.25, 0.3) is 5.91 Å². The molecule has 0 unspecified atom stereocenters. The molecule has 182 valence electrons. The summed E-state index contributed by atoms with van der Waals surface area (Å²) in [4.78, 5) is 16.0. The molecule has 0 aliphatic heterocycles. The molecule has 0 aliphatic carbocycles. The van der Waals surface area contributed by atoms with E-state index in [0.717, 1.165) is 27.9 Å². The van der Waals surface area contributed by atoms with Crippen LogP contribution >= 0.6 is 0 Å². The van der Waals surface area contributed by atoms with E-state index in [1.165, 1.54) is 7.11 Å². The molecule has 0 radical (unpaired) electrons. The average molecular weight is 475 g/mol. The van der Waals surface area contributed by atoms with Gasteiger partial charge in [-0.2, -0.15) is 0 Å². The second kappa shape index (κ2) is 10.2. The summed E-state index contributed by atoms with van der Waals surface area (Å²) in [5.41, 5.74) is 22.9. The predicted octanol–water partition coefficient (Wildman–Crippen LogP) is 4.92. The summed E-state index contributed by atoms with van der Waals surface area (Å²) in [6, 6.07) is 12.2. The van der Waals surface area contributed by atoms with E-state index in [0.29, 0.717) is 39.6 Å². The molecule has 1 heterocycles. The van der Waals surface area contributed by atoms with Crippen LogP contribution in [0.3, 0.4) is 0 Å². The van der Waals surface area contributed by atoms with Crippen LogP contribution < -0.4 is 26.7 Å². The molecule has 0 saturated heterocycles. The molecular weight excluding hydrogens is 444 g/mol. The number of aromatic nitrogens is 1. The summed E-state index contributed by atoms with van der Waals surface area (Å²) in [6.45, 7) is 7.54. The maximum atomic E-state index is 11.7. The number of phenolic OH excluding ortho intramolecular Hbond substituents is 1. The Bertz CT molecular complexity index is 1370. The van der Waals surface area contributed by atoms with Crippen LogP contribution in [0, 0.1) is 27.7 Å². The van der Waals surface area contributed by atoms with Crippen molar-refractivity contribution in [2.24, 2.45) is 5.73 Å². The number of primary amides is 1. The number of benzene rings is 3. The molecule has 0 saturated carbocycles. The molecule has 4 aromatic rings. The normalized spacial score (nSPS) is 10.4. The summed E-state index contributed by atoms with van der Waals surface area (Å²) in [5, 5.41) is 9.84. The second-order valence-corrected chi connectivity index (χ2v) is 8.31. The SMILES string of the molecule is COc1cc2nccc(Oc3cc(C)c(N)cc3C)c2cc1C(N)=O.Cc1cc(O)c(C)cc1N. The van der Waals surface area contributed by atoms with Gasteiger partial charge < -0.3 is 31.8 Å². The zero-order chi connectivity index (χ0) is 25.9. The number of nitrogens with zero attached hydrogens (tertiary/aromatic N) is 1. The van der Waals surface area contributed by atoms with Gasteiger partial charge in [0.2, 0.25) is 0 Å². The standard InChI is InChI=1S/C19H19N3O3.C8H11NO/c1-10-7-17(11(2)6-14(10)20)25-16-4-5-22-15-9-18(24-3)13(19(21)23)8-12(15)16;1-5-4-8(10)6(2)3-7(5)9/h4-9H,20H2,1-3H3,(H2,21,23);3-4,10H,9H2,1-2H3. The molecule has 7 N–H and O–H groups in total. The Hall–Kier alpha value is -4.46. The van der Waals surface area contributed by atoms with Crippen molar-refractivity contribution in [3.05, 3.63) is 76.5 Å². The lowest BCUT2D eigenvalue weighted by atomic mass is 10.1. The zero-order valence-corrected chi connectivity index (χ0v) is 20.5. The summed E-state index contributed by atoms with van der Waals surface area (Å²) >= 11 is 0. The van der Waals surface area contributed by atoms with E-state index < -0.39 is 5.91 Å². The molecule has 1 amide bonds. The zero-order valence-electron chi connectivity index (χ0n) is 20.5. The average Bonchev–Trinajstić information content (AvgIpc) is 2.81. The maximum absolute atomic E-state index is 11.7. The highest BCUT2D eigenvalue weighted by molar-refractivity contribution is 6.01. The second-order valence-electron chi connectivity index (χ2n) is 8.31. The third-order valence-electron chi connectivity index (χ3n) is 5.66. The minimum absolute atomic E-state index is 0.276. The van der Waals surface area contributed by atoms with E-state index in [2.05, 4.69) is 4.98 Å². The minimum Gasteiger partial charge on any atom is -0.508 e. The quantitative estimate of drug-likeness (QED) is 0.242. The number of fused-ring (bicyclic) bond motifs is 1. The smallest absolute Gasteiger partial charge is 0.252 e. The number of nitrogen functional groups attached to an aromatic ring is 2. The highest BCUT2D eigenvalue weighted by atomic mass is 16.5. The summed E-state index contributed by atoms with van der Waals surface area (Å²) in [6.07, 6.45) is 1.64. The number of nitrogens with two attached hydrogens (primary N) is 3. The number of carbonyl (C=O) groups excluding carboxylic acids is 1. The Morgan fingerprint density at radius 3 is 2.06 bits per heavy atom. The lowest BCUT2D eigenvalue weighted by molar-refractivity contribution is 0.0997. The van der Waals surface area contributed by atoms with Crippen molar-refractivity contribution < 1.29 is 19.4 Å². The number of phenols is 1. The molecule has 3 aromatic carbocycles. The molecule has 0 aliphatic rings. The van der Waals surface area contributed by atoms with Crippen LogP contribution in [0.1, 0.15) is 32.6 Å². The lowest BCUT2D eigenvalue weighted by Crippen LogP contribution is -2.12. The van der Waals surface area contributed by atoms with Crippen molar-refractivity contribution in [2.75, 3.05) is 18.6 Å². The van der Waals surface area contributed by atoms with Gasteiger partial charge in [-0.1, -0.05) is 0 Å². The van der Waals surface area contributed by atoms with Gasteiger partial charge in [0, 0.05) is 29.0 Å². The van der Waals surface area contributed by atoms with Gasteiger partial charge in [-0.25, -0.2) is 0 Å². The van der Waals surface area contributed by atoms with Gasteiger partial charge in [-0.05, 0) is 86.3 Å². The van der Waals surface area contributed by atoms with E-state index in [1.807, 2.05) is 39.8 Å². The van der Waals surface area contributed by atoms with Crippen molar-refractivity contribution in [1.29, 1.82) is 0 Å². The number of carbonyl (C=O) groups is 1. The van der Waals surface area contributed by atoms with E-state index in [4.69, 9.17) is 31.8 Å². The first-order valence-electron chi connectivity index (χ1n) is 10.9. The maximum Gasteiger partial charge on any atom is 0.252 e. The number of aryl methyl sites for hydroxylation is 4. The summed E-state index contributed by atoms with van der Waals surface area (Å²) < 4.78 is 11.3. The number of amides is 1. The van der Waals surface area contributed by atoms with Gasteiger partial charge in [0.05, 0.1) is 18.2 Å². The number of ether oxygens (including phenoxy) is 2. The van der Waals surface area contributed by atoms with Gasteiger partial charge >= 0.3 is 0 Å². The Balaban J connectivity index is 0.000000287. The highest BCUT2D eigenvalue weighted by Crippen LogP contribution is 2.35. The van der Waals surface area contributed by atoms with Crippen molar-refractivity contribution in [2.45, 2.75) is 27.7 Å². The van der Waals surface area contributed by atoms with E-state index in [-0.39, 0.29) is 5.56 Å². The number of hydrogen-bond donors (Lipinski definition) is 4. The number of methoxy groups -OCH3 is 1. The molecule has 1 aromatic heterocycles. The third-order valence-corrected chi connectivity index (χ3v) is 5.66. The number of aromatic hydroxyl groups is 1. The molecule has 0 fully saturated rings. The topological polar surface area (TPSA) is 147 Å². The van der Waals surface area contributed by atoms with Crippen LogP contribution in [0.5, 0.6) is 23.0 Å². The van der Waals surface area contributed by atoms with Crippen molar-refractivity contribution in [1.82, 2.24) is 4.98 Å². The molecule has 0 atom stereocenters. The van der Waals surface area contributed by atoms with Crippen molar-refractivity contribution in [3.8, 4) is 23.0 Å². The van der Waals surface area contributed by atoms with Crippen molar-refractivity contribution in [3.63, 3.8) is 0 Å². The third kappa shape index (κ3) is 5.55. The lowest BCUT2D eigenvalue weighted by Gasteiger charge is -2.14. The first-order chi connectivity index (χ1) is 16.5. The Morgan fingerprint density at radius 1 is 0.829 bits per heavy atom. The van der Waals surface area contributed by atoms with E-state index >= 15 is 0 Å². The number of pyridine rings is 1. The number of anilines is 2. The van der Waals surface area contributed by atoms with Gasteiger partial charge in [-0.15, -0.1) is 0 Å². The van der Waals surface area contributed by atoms with Crippen LogP contribution in [0.4, 0.5) is 11.4 Å². The predicted molar refractivity (Wildman–Crippen MR) is 139 cm³/mol.